The van der Waals surface area contributed by atoms with Crippen LogP contribution >= 0.6 is 0 Å². The summed E-state index contributed by atoms with van der Waals surface area (Å²) in [7, 11) is 1.46. The van der Waals surface area contributed by atoms with Gasteiger partial charge in [0.15, 0.2) is 0 Å². The van der Waals surface area contributed by atoms with Gasteiger partial charge in [0.2, 0.25) is 5.91 Å². The molecule has 0 spiro atoms. The van der Waals surface area contributed by atoms with Crippen molar-refractivity contribution in [3.8, 4) is 17.0 Å². The Balaban J connectivity index is 1.45. The summed E-state index contributed by atoms with van der Waals surface area (Å²) in [4.78, 5) is 29.0. The number of aromatic nitrogens is 2. The first-order valence-electron chi connectivity index (χ1n) is 10.0. The zero-order chi connectivity index (χ0) is 21.8. The van der Waals surface area contributed by atoms with E-state index in [9.17, 15) is 14.0 Å². The summed E-state index contributed by atoms with van der Waals surface area (Å²) < 4.78 is 20.5. The molecule has 31 heavy (non-hydrogen) atoms. The standard InChI is InChI=1S/C23H23FN4O3/c1-31-18-7-8-19(20(24)15-18)21-9-10-22(29)28(25-21)16-23(30)27-13-11-26(12-14-27)17-5-3-2-4-6-17/h2-10,15H,11-14,16H2,1H3. The average Bonchev–Trinajstić information content (AvgIpc) is 2.81. The number of hydrogen-bond acceptors (Lipinski definition) is 5. The SMILES string of the molecule is COc1ccc(-c2ccc(=O)n(CC(=O)N3CCN(c4ccccc4)CC3)n2)c(F)c1. The molecule has 1 aliphatic heterocycles. The maximum Gasteiger partial charge on any atom is 0.267 e. The van der Waals surface area contributed by atoms with E-state index in [0.29, 0.717) is 18.8 Å². The van der Waals surface area contributed by atoms with Crippen LogP contribution in [0, 0.1) is 5.82 Å². The van der Waals surface area contributed by atoms with Crippen LogP contribution in [0.4, 0.5) is 10.1 Å². The van der Waals surface area contributed by atoms with Crippen molar-refractivity contribution in [3.63, 3.8) is 0 Å². The number of methoxy groups -OCH3 is 1. The lowest BCUT2D eigenvalue weighted by molar-refractivity contribution is -0.132. The normalized spacial score (nSPS) is 13.9. The molecule has 1 aromatic heterocycles. The lowest BCUT2D eigenvalue weighted by atomic mass is 10.1. The molecule has 0 saturated carbocycles. The zero-order valence-electron chi connectivity index (χ0n) is 17.2. The molecular formula is C23H23FN4O3. The Labute approximate surface area is 179 Å². The number of amides is 1. The second-order valence-corrected chi connectivity index (χ2v) is 7.26. The van der Waals surface area contributed by atoms with E-state index in [4.69, 9.17) is 4.74 Å². The van der Waals surface area contributed by atoms with Crippen LogP contribution in [0.15, 0.2) is 65.5 Å². The van der Waals surface area contributed by atoms with Gasteiger partial charge in [0, 0.05) is 49.6 Å². The number of piperazine rings is 1. The number of rotatable bonds is 5. The lowest BCUT2D eigenvalue weighted by Gasteiger charge is -2.36. The number of nitrogens with zero attached hydrogens (tertiary/aromatic N) is 4. The van der Waals surface area contributed by atoms with Crippen LogP contribution in [0.3, 0.4) is 0 Å². The predicted octanol–water partition coefficient (Wildman–Crippen LogP) is 2.41. The smallest absolute Gasteiger partial charge is 0.267 e. The van der Waals surface area contributed by atoms with Crippen LogP contribution < -0.4 is 15.2 Å². The lowest BCUT2D eigenvalue weighted by Crippen LogP contribution is -2.50. The number of ether oxygens (including phenoxy) is 1. The molecule has 0 aliphatic carbocycles. The summed E-state index contributed by atoms with van der Waals surface area (Å²) in [6, 6.07) is 17.2. The minimum absolute atomic E-state index is 0.185. The Morgan fingerprint density at radius 2 is 1.77 bits per heavy atom. The molecule has 7 nitrogen and oxygen atoms in total. The van der Waals surface area contributed by atoms with Crippen LogP contribution in [-0.4, -0.2) is 53.9 Å². The van der Waals surface area contributed by atoms with E-state index in [1.165, 1.54) is 31.4 Å². The van der Waals surface area contributed by atoms with Crippen molar-refractivity contribution >= 4 is 11.6 Å². The van der Waals surface area contributed by atoms with E-state index >= 15 is 0 Å². The fourth-order valence-electron chi connectivity index (χ4n) is 3.62. The predicted molar refractivity (Wildman–Crippen MR) is 116 cm³/mol. The Morgan fingerprint density at radius 3 is 2.45 bits per heavy atom. The van der Waals surface area contributed by atoms with Gasteiger partial charge in [-0.2, -0.15) is 5.10 Å². The fourth-order valence-corrected chi connectivity index (χ4v) is 3.62. The van der Waals surface area contributed by atoms with Crippen molar-refractivity contribution < 1.29 is 13.9 Å². The van der Waals surface area contributed by atoms with Crippen molar-refractivity contribution in [2.75, 3.05) is 38.2 Å². The summed E-state index contributed by atoms with van der Waals surface area (Å²) in [5.41, 5.74) is 1.23. The molecule has 0 N–H and O–H groups in total. The summed E-state index contributed by atoms with van der Waals surface area (Å²) in [5, 5.41) is 4.22. The van der Waals surface area contributed by atoms with Gasteiger partial charge in [-0.3, -0.25) is 9.59 Å². The van der Waals surface area contributed by atoms with Gasteiger partial charge in [-0.15, -0.1) is 0 Å². The number of benzene rings is 2. The van der Waals surface area contributed by atoms with E-state index in [-0.39, 0.29) is 23.7 Å². The number of anilines is 1. The third kappa shape index (κ3) is 4.58. The molecule has 3 aromatic rings. The molecule has 0 radical (unpaired) electrons. The number of carbonyl (C=O) groups excluding carboxylic acids is 1. The third-order valence-corrected chi connectivity index (χ3v) is 5.36. The van der Waals surface area contributed by atoms with E-state index in [0.717, 1.165) is 23.5 Å². The maximum absolute atomic E-state index is 14.4. The topological polar surface area (TPSA) is 67.7 Å². The Bertz CT molecular complexity index is 1130. The first-order valence-corrected chi connectivity index (χ1v) is 10.0. The number of hydrogen-bond donors (Lipinski definition) is 0. The highest BCUT2D eigenvalue weighted by Crippen LogP contribution is 2.24. The minimum atomic E-state index is -0.514. The van der Waals surface area contributed by atoms with E-state index in [1.54, 1.807) is 11.0 Å². The van der Waals surface area contributed by atoms with Crippen molar-refractivity contribution in [1.82, 2.24) is 14.7 Å². The first-order chi connectivity index (χ1) is 15.0. The van der Waals surface area contributed by atoms with Crippen molar-refractivity contribution in [2.24, 2.45) is 0 Å². The molecule has 2 heterocycles. The molecule has 0 unspecified atom stereocenters. The van der Waals surface area contributed by atoms with Crippen molar-refractivity contribution in [1.29, 1.82) is 0 Å². The van der Waals surface area contributed by atoms with Gasteiger partial charge in [0.05, 0.1) is 12.8 Å². The summed E-state index contributed by atoms with van der Waals surface area (Å²) in [5.74, 6) is -0.311. The number of para-hydroxylation sites is 1. The maximum atomic E-state index is 14.4. The largest absolute Gasteiger partial charge is 0.497 e. The molecule has 1 fully saturated rings. The second-order valence-electron chi connectivity index (χ2n) is 7.26. The number of carbonyl (C=O) groups is 1. The Morgan fingerprint density at radius 1 is 1.03 bits per heavy atom. The zero-order valence-corrected chi connectivity index (χ0v) is 17.2. The van der Waals surface area contributed by atoms with Gasteiger partial charge in [-0.1, -0.05) is 18.2 Å². The van der Waals surface area contributed by atoms with Gasteiger partial charge in [-0.05, 0) is 30.3 Å². The third-order valence-electron chi connectivity index (χ3n) is 5.36. The number of halogens is 1. The molecule has 4 rings (SSSR count). The summed E-state index contributed by atoms with van der Waals surface area (Å²) in [6.07, 6.45) is 0. The van der Waals surface area contributed by atoms with E-state index in [1.807, 2.05) is 30.3 Å². The molecule has 0 atom stereocenters. The molecule has 1 saturated heterocycles. The molecule has 0 bridgehead atoms. The Kier molecular flexibility index (Phi) is 5.97. The minimum Gasteiger partial charge on any atom is -0.497 e. The van der Waals surface area contributed by atoms with Gasteiger partial charge in [0.25, 0.3) is 5.56 Å². The van der Waals surface area contributed by atoms with Gasteiger partial charge in [-0.25, -0.2) is 9.07 Å². The van der Waals surface area contributed by atoms with Gasteiger partial charge in [0.1, 0.15) is 18.1 Å². The fraction of sp³-hybridized carbons (Fsp3) is 0.261. The highest BCUT2D eigenvalue weighted by Gasteiger charge is 2.22. The molecule has 1 aliphatic rings. The average molecular weight is 422 g/mol. The molecule has 160 valence electrons. The highest BCUT2D eigenvalue weighted by atomic mass is 19.1. The van der Waals surface area contributed by atoms with Crippen LogP contribution in [0.25, 0.3) is 11.3 Å². The van der Waals surface area contributed by atoms with Crippen molar-refractivity contribution in [3.05, 3.63) is 76.8 Å². The van der Waals surface area contributed by atoms with Crippen LogP contribution in [0.1, 0.15) is 0 Å². The first kappa shape index (κ1) is 20.6. The van der Waals surface area contributed by atoms with E-state index < -0.39 is 11.4 Å². The van der Waals surface area contributed by atoms with E-state index in [2.05, 4.69) is 10.00 Å². The molecular weight excluding hydrogens is 399 g/mol. The van der Waals surface area contributed by atoms with Crippen LogP contribution in [-0.2, 0) is 11.3 Å². The quantitative estimate of drug-likeness (QED) is 0.632. The second kappa shape index (κ2) is 8.99. The monoisotopic (exact) mass is 422 g/mol. The molecule has 1 amide bonds. The van der Waals surface area contributed by atoms with Gasteiger partial charge >= 0.3 is 0 Å². The highest BCUT2D eigenvalue weighted by molar-refractivity contribution is 5.76. The van der Waals surface area contributed by atoms with Crippen LogP contribution in [0.5, 0.6) is 5.75 Å². The Hall–Kier alpha value is -3.68. The van der Waals surface area contributed by atoms with Crippen molar-refractivity contribution in [2.45, 2.75) is 6.54 Å². The van der Waals surface area contributed by atoms with Crippen LogP contribution in [0.2, 0.25) is 0 Å². The van der Waals surface area contributed by atoms with Gasteiger partial charge < -0.3 is 14.5 Å². The summed E-state index contributed by atoms with van der Waals surface area (Å²) in [6.45, 7) is 2.38. The molecule has 2 aromatic carbocycles. The summed E-state index contributed by atoms with van der Waals surface area (Å²) >= 11 is 0. The molecule has 8 heteroatoms.